The number of nitrogens with one attached hydrogen (secondary N) is 1. The Kier molecular flexibility index (Phi) is 5.33. The number of aryl methyl sites for hydroxylation is 1. The minimum absolute atomic E-state index is 0.0750. The maximum atomic E-state index is 12.4. The second-order valence-electron chi connectivity index (χ2n) is 5.25. The molecule has 1 atom stereocenters. The molecule has 0 bridgehead atoms. The second-order valence-corrected chi connectivity index (χ2v) is 5.25. The van der Waals surface area contributed by atoms with E-state index in [4.69, 9.17) is 4.74 Å². The number of benzene rings is 1. The Morgan fingerprint density at radius 3 is 2.62 bits per heavy atom. The highest BCUT2D eigenvalue weighted by atomic mass is 16.5. The van der Waals surface area contributed by atoms with Gasteiger partial charge in [0.25, 0.3) is 5.91 Å². The van der Waals surface area contributed by atoms with E-state index in [9.17, 15) is 14.7 Å². The SMILES string of the molecule is CCc1ccccc1C(=O)NC(C(=O)O)C1CCOCC1. The van der Waals surface area contributed by atoms with Gasteiger partial charge in [-0.2, -0.15) is 0 Å². The average molecular weight is 291 g/mol. The largest absolute Gasteiger partial charge is 0.480 e. The Labute approximate surface area is 124 Å². The molecule has 2 rings (SSSR count). The molecule has 1 fully saturated rings. The normalized spacial score (nSPS) is 17.2. The summed E-state index contributed by atoms with van der Waals surface area (Å²) >= 11 is 0. The Morgan fingerprint density at radius 2 is 2.00 bits per heavy atom. The van der Waals surface area contributed by atoms with Crippen LogP contribution in [0, 0.1) is 5.92 Å². The fourth-order valence-electron chi connectivity index (χ4n) is 2.70. The monoisotopic (exact) mass is 291 g/mol. The smallest absolute Gasteiger partial charge is 0.326 e. The van der Waals surface area contributed by atoms with Gasteiger partial charge in [-0.3, -0.25) is 4.79 Å². The standard InChI is InChI=1S/C16H21NO4/c1-2-11-5-3-4-6-13(11)15(18)17-14(16(19)20)12-7-9-21-10-8-12/h3-6,12,14H,2,7-10H2,1H3,(H,17,18)(H,19,20). The molecule has 0 radical (unpaired) electrons. The van der Waals surface area contributed by atoms with Crippen molar-refractivity contribution in [1.29, 1.82) is 0 Å². The predicted octanol–water partition coefficient (Wildman–Crippen LogP) is 1.86. The quantitative estimate of drug-likeness (QED) is 0.868. The molecule has 5 heteroatoms. The van der Waals surface area contributed by atoms with Crippen LogP contribution in [0.25, 0.3) is 0 Å². The summed E-state index contributed by atoms with van der Waals surface area (Å²) in [7, 11) is 0. The van der Waals surface area contributed by atoms with Gasteiger partial charge in [-0.25, -0.2) is 4.79 Å². The molecule has 114 valence electrons. The maximum Gasteiger partial charge on any atom is 0.326 e. The first kappa shape index (κ1) is 15.5. The zero-order valence-corrected chi connectivity index (χ0v) is 12.2. The third-order valence-electron chi connectivity index (χ3n) is 3.93. The third kappa shape index (κ3) is 3.82. The number of hydrogen-bond acceptors (Lipinski definition) is 3. The van der Waals surface area contributed by atoms with Crippen molar-refractivity contribution in [2.24, 2.45) is 5.92 Å². The molecule has 5 nitrogen and oxygen atoms in total. The van der Waals surface area contributed by atoms with Gasteiger partial charge in [0.2, 0.25) is 0 Å². The number of carboxylic acids is 1. The minimum Gasteiger partial charge on any atom is -0.480 e. The molecule has 1 unspecified atom stereocenters. The molecule has 0 spiro atoms. The van der Waals surface area contributed by atoms with Crippen LogP contribution in [0.15, 0.2) is 24.3 Å². The van der Waals surface area contributed by atoms with Crippen LogP contribution in [-0.4, -0.2) is 36.2 Å². The second kappa shape index (κ2) is 7.22. The van der Waals surface area contributed by atoms with Crippen LogP contribution in [0.3, 0.4) is 0 Å². The number of ether oxygens (including phenoxy) is 1. The molecular weight excluding hydrogens is 270 g/mol. The minimum atomic E-state index is -0.982. The van der Waals surface area contributed by atoms with Gasteiger partial charge in [0.15, 0.2) is 0 Å². The van der Waals surface area contributed by atoms with E-state index in [-0.39, 0.29) is 11.8 Å². The van der Waals surface area contributed by atoms with Crippen LogP contribution >= 0.6 is 0 Å². The van der Waals surface area contributed by atoms with Gasteiger partial charge < -0.3 is 15.2 Å². The Balaban J connectivity index is 2.12. The molecule has 0 aliphatic carbocycles. The lowest BCUT2D eigenvalue weighted by molar-refractivity contribution is -0.141. The molecule has 1 aliphatic rings. The van der Waals surface area contributed by atoms with Crippen molar-refractivity contribution in [3.8, 4) is 0 Å². The van der Waals surface area contributed by atoms with Crippen LogP contribution in [0.4, 0.5) is 0 Å². The summed E-state index contributed by atoms with van der Waals surface area (Å²) in [6.45, 7) is 3.07. The summed E-state index contributed by atoms with van der Waals surface area (Å²) in [6.07, 6.45) is 2.05. The molecule has 1 aliphatic heterocycles. The molecule has 21 heavy (non-hydrogen) atoms. The van der Waals surface area contributed by atoms with Gasteiger partial charge >= 0.3 is 5.97 Å². The van der Waals surface area contributed by atoms with Gasteiger partial charge in [0, 0.05) is 18.8 Å². The summed E-state index contributed by atoms with van der Waals surface area (Å²) in [6, 6.07) is 6.43. The Hall–Kier alpha value is -1.88. The van der Waals surface area contributed by atoms with Crippen molar-refractivity contribution >= 4 is 11.9 Å². The molecular formula is C16H21NO4. The van der Waals surface area contributed by atoms with Crippen molar-refractivity contribution in [2.45, 2.75) is 32.2 Å². The van der Waals surface area contributed by atoms with E-state index >= 15 is 0 Å². The highest BCUT2D eigenvalue weighted by molar-refractivity contribution is 5.97. The topological polar surface area (TPSA) is 75.6 Å². The van der Waals surface area contributed by atoms with E-state index in [0.29, 0.717) is 31.6 Å². The van der Waals surface area contributed by atoms with Crippen LogP contribution in [0.1, 0.15) is 35.7 Å². The molecule has 0 saturated carbocycles. The summed E-state index contributed by atoms with van der Waals surface area (Å²) < 4.78 is 5.25. The van der Waals surface area contributed by atoms with Gasteiger partial charge in [-0.1, -0.05) is 25.1 Å². The number of amides is 1. The van der Waals surface area contributed by atoms with Crippen molar-refractivity contribution < 1.29 is 19.4 Å². The molecule has 1 heterocycles. The predicted molar refractivity (Wildman–Crippen MR) is 78.3 cm³/mol. The molecule has 1 aromatic rings. The summed E-state index contributed by atoms with van der Waals surface area (Å²) in [4.78, 5) is 23.8. The molecule has 1 saturated heterocycles. The zero-order valence-electron chi connectivity index (χ0n) is 12.2. The van der Waals surface area contributed by atoms with E-state index in [2.05, 4.69) is 5.32 Å². The molecule has 1 amide bonds. The number of hydrogen-bond donors (Lipinski definition) is 2. The van der Waals surface area contributed by atoms with E-state index in [0.717, 1.165) is 12.0 Å². The molecule has 0 aromatic heterocycles. The van der Waals surface area contributed by atoms with Crippen LogP contribution in [0.2, 0.25) is 0 Å². The van der Waals surface area contributed by atoms with Gasteiger partial charge in [0.1, 0.15) is 6.04 Å². The van der Waals surface area contributed by atoms with Crippen LogP contribution in [-0.2, 0) is 16.0 Å². The third-order valence-corrected chi connectivity index (χ3v) is 3.93. The fourth-order valence-corrected chi connectivity index (χ4v) is 2.70. The van der Waals surface area contributed by atoms with Gasteiger partial charge in [-0.15, -0.1) is 0 Å². The van der Waals surface area contributed by atoms with Crippen molar-refractivity contribution in [3.63, 3.8) is 0 Å². The average Bonchev–Trinajstić information content (AvgIpc) is 2.52. The highest BCUT2D eigenvalue weighted by Gasteiger charge is 2.31. The maximum absolute atomic E-state index is 12.4. The van der Waals surface area contributed by atoms with E-state index in [1.165, 1.54) is 0 Å². The van der Waals surface area contributed by atoms with Crippen LogP contribution in [0.5, 0.6) is 0 Å². The van der Waals surface area contributed by atoms with E-state index in [1.54, 1.807) is 12.1 Å². The Bertz CT molecular complexity index is 509. The van der Waals surface area contributed by atoms with Gasteiger partial charge in [0.05, 0.1) is 0 Å². The molecule has 1 aromatic carbocycles. The Morgan fingerprint density at radius 1 is 1.33 bits per heavy atom. The first-order valence-electron chi connectivity index (χ1n) is 7.32. The number of aliphatic carboxylic acids is 1. The first-order valence-corrected chi connectivity index (χ1v) is 7.32. The number of carboxylic acid groups (broad SMARTS) is 1. The zero-order chi connectivity index (χ0) is 15.2. The number of carbonyl (C=O) groups is 2. The summed E-state index contributed by atoms with van der Waals surface area (Å²) in [5.41, 5.74) is 1.48. The van der Waals surface area contributed by atoms with E-state index < -0.39 is 12.0 Å². The van der Waals surface area contributed by atoms with E-state index in [1.807, 2.05) is 19.1 Å². The number of carbonyl (C=O) groups excluding carboxylic acids is 1. The van der Waals surface area contributed by atoms with Crippen LogP contribution < -0.4 is 5.32 Å². The number of rotatable bonds is 5. The van der Waals surface area contributed by atoms with Crippen molar-refractivity contribution in [2.75, 3.05) is 13.2 Å². The first-order chi connectivity index (χ1) is 10.1. The van der Waals surface area contributed by atoms with Crippen molar-refractivity contribution in [3.05, 3.63) is 35.4 Å². The van der Waals surface area contributed by atoms with Crippen molar-refractivity contribution in [1.82, 2.24) is 5.32 Å². The highest BCUT2D eigenvalue weighted by Crippen LogP contribution is 2.20. The lowest BCUT2D eigenvalue weighted by Crippen LogP contribution is -2.47. The summed E-state index contributed by atoms with van der Waals surface area (Å²) in [5.74, 6) is -1.37. The lowest BCUT2D eigenvalue weighted by Gasteiger charge is -2.28. The van der Waals surface area contributed by atoms with Gasteiger partial charge in [-0.05, 0) is 36.8 Å². The lowest BCUT2D eigenvalue weighted by atomic mass is 9.91. The molecule has 2 N–H and O–H groups in total. The summed E-state index contributed by atoms with van der Waals surface area (Å²) in [5, 5.41) is 12.1. The fraction of sp³-hybridized carbons (Fsp3) is 0.500.